The summed E-state index contributed by atoms with van der Waals surface area (Å²) in [5.74, 6) is 0. The van der Waals surface area contributed by atoms with Crippen molar-refractivity contribution in [3.8, 4) is 0 Å². The van der Waals surface area contributed by atoms with E-state index >= 15 is 0 Å². The van der Waals surface area contributed by atoms with E-state index in [2.05, 4.69) is 20.0 Å². The zero-order chi connectivity index (χ0) is 11.9. The Morgan fingerprint density at radius 3 is 2.29 bits per heavy atom. The summed E-state index contributed by atoms with van der Waals surface area (Å²) in [6, 6.07) is 0. The zero-order valence-corrected chi connectivity index (χ0v) is 10.8. The van der Waals surface area contributed by atoms with E-state index in [-0.39, 0.29) is 6.61 Å². The average Bonchev–Trinajstić information content (AvgIpc) is 2.61. The van der Waals surface area contributed by atoms with Crippen LogP contribution in [0, 0.1) is 0 Å². The lowest BCUT2D eigenvalue weighted by Crippen LogP contribution is -2.50. The molecule has 0 aliphatic carbocycles. The highest BCUT2D eigenvalue weighted by Crippen LogP contribution is 2.04. The molecule has 0 spiro atoms. The van der Waals surface area contributed by atoms with Crippen molar-refractivity contribution in [3.05, 3.63) is 0 Å². The van der Waals surface area contributed by atoms with E-state index in [1.165, 1.54) is 26.1 Å². The Hall–Kier alpha value is -0.200. The van der Waals surface area contributed by atoms with Gasteiger partial charge in [0, 0.05) is 52.4 Å². The Labute approximate surface area is 104 Å². The first-order valence-electron chi connectivity index (χ1n) is 6.87. The second kappa shape index (κ2) is 7.28. The Balaban J connectivity index is 1.66. The average molecular weight is 242 g/mol. The van der Waals surface area contributed by atoms with Crippen LogP contribution in [-0.4, -0.2) is 92.0 Å². The predicted molar refractivity (Wildman–Crippen MR) is 69.0 cm³/mol. The maximum absolute atomic E-state index is 8.91. The molecule has 0 bridgehead atoms. The van der Waals surface area contributed by atoms with Gasteiger partial charge >= 0.3 is 0 Å². The summed E-state index contributed by atoms with van der Waals surface area (Å²) in [6.45, 7) is 11.4. The molecule has 2 N–H and O–H groups in total. The van der Waals surface area contributed by atoms with Gasteiger partial charge in [-0.3, -0.25) is 14.7 Å². The van der Waals surface area contributed by atoms with Gasteiger partial charge in [-0.1, -0.05) is 0 Å². The summed E-state index contributed by atoms with van der Waals surface area (Å²) in [4.78, 5) is 7.45. The number of piperazine rings is 1. The van der Waals surface area contributed by atoms with E-state index in [9.17, 15) is 0 Å². The topological polar surface area (TPSA) is 42.0 Å². The molecule has 0 atom stereocenters. The standard InChI is InChI=1S/C12H26N4O/c17-11-10-14-6-8-16(9-7-14)12-15-4-1-2-13-3-5-15/h13,17H,1-12H2. The molecule has 5 nitrogen and oxygen atoms in total. The highest BCUT2D eigenvalue weighted by atomic mass is 16.3. The minimum Gasteiger partial charge on any atom is -0.395 e. The van der Waals surface area contributed by atoms with E-state index < -0.39 is 0 Å². The van der Waals surface area contributed by atoms with Gasteiger partial charge in [0.1, 0.15) is 0 Å². The zero-order valence-electron chi connectivity index (χ0n) is 10.8. The number of hydrogen-bond donors (Lipinski definition) is 2. The number of nitrogens with zero attached hydrogens (tertiary/aromatic N) is 3. The van der Waals surface area contributed by atoms with Gasteiger partial charge in [-0.15, -0.1) is 0 Å². The van der Waals surface area contributed by atoms with E-state index in [1.54, 1.807) is 0 Å². The Morgan fingerprint density at radius 1 is 0.824 bits per heavy atom. The molecule has 2 heterocycles. The molecule has 2 aliphatic rings. The number of nitrogens with one attached hydrogen (secondary N) is 1. The highest BCUT2D eigenvalue weighted by molar-refractivity contribution is 4.73. The van der Waals surface area contributed by atoms with Gasteiger partial charge in [-0.25, -0.2) is 0 Å². The van der Waals surface area contributed by atoms with Crippen LogP contribution >= 0.6 is 0 Å². The van der Waals surface area contributed by atoms with E-state index in [1.807, 2.05) is 0 Å². The third-order valence-electron chi connectivity index (χ3n) is 3.71. The van der Waals surface area contributed by atoms with Crippen molar-refractivity contribution >= 4 is 0 Å². The quantitative estimate of drug-likeness (QED) is 0.651. The fourth-order valence-corrected chi connectivity index (χ4v) is 2.62. The fourth-order valence-electron chi connectivity index (χ4n) is 2.62. The first kappa shape index (κ1) is 13.2. The van der Waals surface area contributed by atoms with Crippen LogP contribution in [0.1, 0.15) is 6.42 Å². The summed E-state index contributed by atoms with van der Waals surface area (Å²) in [6.07, 6.45) is 1.27. The number of rotatable bonds is 4. The van der Waals surface area contributed by atoms with Gasteiger partial charge in [0.15, 0.2) is 0 Å². The van der Waals surface area contributed by atoms with Gasteiger partial charge in [-0.05, 0) is 13.0 Å². The number of hydrogen-bond acceptors (Lipinski definition) is 5. The van der Waals surface area contributed by atoms with Crippen LogP contribution in [0.2, 0.25) is 0 Å². The van der Waals surface area contributed by atoms with Crippen molar-refractivity contribution in [2.75, 3.05) is 72.2 Å². The molecule has 0 unspecified atom stereocenters. The second-order valence-corrected chi connectivity index (χ2v) is 5.05. The van der Waals surface area contributed by atoms with Crippen LogP contribution in [0.4, 0.5) is 0 Å². The number of aliphatic hydroxyl groups excluding tert-OH is 1. The second-order valence-electron chi connectivity index (χ2n) is 5.05. The first-order valence-corrected chi connectivity index (χ1v) is 6.87. The first-order chi connectivity index (χ1) is 8.38. The summed E-state index contributed by atoms with van der Waals surface area (Å²) in [7, 11) is 0. The molecule has 2 saturated heterocycles. The third kappa shape index (κ3) is 4.52. The van der Waals surface area contributed by atoms with Crippen molar-refractivity contribution in [1.82, 2.24) is 20.0 Å². The molecule has 0 saturated carbocycles. The summed E-state index contributed by atoms with van der Waals surface area (Å²) in [5.41, 5.74) is 0. The van der Waals surface area contributed by atoms with Crippen molar-refractivity contribution < 1.29 is 5.11 Å². The molecular formula is C12H26N4O. The molecule has 2 aliphatic heterocycles. The molecular weight excluding hydrogens is 216 g/mol. The Bertz CT molecular complexity index is 199. The lowest BCUT2D eigenvalue weighted by atomic mass is 10.3. The lowest BCUT2D eigenvalue weighted by Gasteiger charge is -2.37. The van der Waals surface area contributed by atoms with E-state index in [4.69, 9.17) is 5.11 Å². The minimum atomic E-state index is 0.289. The van der Waals surface area contributed by atoms with Crippen molar-refractivity contribution in [3.63, 3.8) is 0 Å². The predicted octanol–water partition coefficient (Wildman–Crippen LogP) is -1.15. The van der Waals surface area contributed by atoms with Gasteiger partial charge in [0.2, 0.25) is 0 Å². The molecule has 17 heavy (non-hydrogen) atoms. The van der Waals surface area contributed by atoms with Gasteiger partial charge < -0.3 is 10.4 Å². The van der Waals surface area contributed by atoms with Crippen molar-refractivity contribution in [2.45, 2.75) is 6.42 Å². The van der Waals surface area contributed by atoms with E-state index in [0.717, 1.165) is 45.9 Å². The fraction of sp³-hybridized carbons (Fsp3) is 1.00. The van der Waals surface area contributed by atoms with Crippen LogP contribution in [0.3, 0.4) is 0 Å². The lowest BCUT2D eigenvalue weighted by molar-refractivity contribution is 0.0683. The molecule has 2 rings (SSSR count). The summed E-state index contributed by atoms with van der Waals surface area (Å²) < 4.78 is 0. The molecule has 2 fully saturated rings. The van der Waals surface area contributed by atoms with Gasteiger partial charge in [-0.2, -0.15) is 0 Å². The molecule has 100 valence electrons. The van der Waals surface area contributed by atoms with Crippen LogP contribution in [0.25, 0.3) is 0 Å². The van der Waals surface area contributed by atoms with Crippen LogP contribution in [-0.2, 0) is 0 Å². The van der Waals surface area contributed by atoms with E-state index in [0.29, 0.717) is 0 Å². The number of β-amino-alcohol motifs (C(OH)–C–C–N with tert-alkyl or cyclic N) is 1. The summed E-state index contributed by atoms with van der Waals surface area (Å²) >= 11 is 0. The normalized spacial score (nSPS) is 25.9. The Kier molecular flexibility index (Phi) is 5.67. The largest absolute Gasteiger partial charge is 0.395 e. The van der Waals surface area contributed by atoms with Crippen molar-refractivity contribution in [1.29, 1.82) is 0 Å². The highest BCUT2D eigenvalue weighted by Gasteiger charge is 2.18. The minimum absolute atomic E-state index is 0.289. The monoisotopic (exact) mass is 242 g/mol. The van der Waals surface area contributed by atoms with Crippen molar-refractivity contribution in [2.24, 2.45) is 0 Å². The van der Waals surface area contributed by atoms with Crippen LogP contribution in [0.5, 0.6) is 0 Å². The van der Waals surface area contributed by atoms with Crippen LogP contribution in [0.15, 0.2) is 0 Å². The molecule has 0 amide bonds. The maximum Gasteiger partial charge on any atom is 0.0558 e. The molecule has 0 radical (unpaired) electrons. The molecule has 5 heteroatoms. The SMILES string of the molecule is OCCN1CCN(CN2CCCNCC2)CC1. The van der Waals surface area contributed by atoms with Gasteiger partial charge in [0.25, 0.3) is 0 Å². The Morgan fingerprint density at radius 2 is 1.53 bits per heavy atom. The smallest absolute Gasteiger partial charge is 0.0558 e. The van der Waals surface area contributed by atoms with Crippen LogP contribution < -0.4 is 5.32 Å². The maximum atomic E-state index is 8.91. The molecule has 0 aromatic rings. The third-order valence-corrected chi connectivity index (χ3v) is 3.71. The molecule has 0 aromatic carbocycles. The summed E-state index contributed by atoms with van der Waals surface area (Å²) in [5, 5.41) is 12.3. The molecule has 0 aromatic heterocycles. The number of aliphatic hydroxyl groups is 1. The van der Waals surface area contributed by atoms with Gasteiger partial charge in [0.05, 0.1) is 13.3 Å².